The molecule has 1 atom stereocenters. The molecule has 0 saturated heterocycles. The van der Waals surface area contributed by atoms with Gasteiger partial charge >= 0.3 is 0 Å². The predicted molar refractivity (Wildman–Crippen MR) is 77.3 cm³/mol. The Morgan fingerprint density at radius 1 is 1.28 bits per heavy atom. The van der Waals surface area contributed by atoms with Crippen LogP contribution in [0.4, 0.5) is 0 Å². The van der Waals surface area contributed by atoms with E-state index in [4.69, 9.17) is 4.74 Å². The molecule has 2 aromatic rings. The van der Waals surface area contributed by atoms with Crippen molar-refractivity contribution in [2.24, 2.45) is 0 Å². The van der Waals surface area contributed by atoms with E-state index in [1.807, 2.05) is 0 Å². The van der Waals surface area contributed by atoms with Crippen molar-refractivity contribution in [2.45, 2.75) is 39.7 Å². The molecule has 18 heavy (non-hydrogen) atoms. The molecule has 1 unspecified atom stereocenters. The summed E-state index contributed by atoms with van der Waals surface area (Å²) in [5.41, 5.74) is 4.23. The first-order chi connectivity index (χ1) is 8.70. The van der Waals surface area contributed by atoms with Crippen molar-refractivity contribution >= 4 is 10.9 Å². The fourth-order valence-electron chi connectivity index (χ4n) is 2.75. The van der Waals surface area contributed by atoms with Crippen LogP contribution in [0.1, 0.15) is 37.4 Å². The first kappa shape index (κ1) is 13.2. The van der Waals surface area contributed by atoms with E-state index in [9.17, 15) is 0 Å². The highest BCUT2D eigenvalue weighted by Gasteiger charge is 2.17. The number of rotatable bonds is 5. The number of fused-ring (bicyclic) bond motifs is 1. The van der Waals surface area contributed by atoms with Gasteiger partial charge in [-0.15, -0.1) is 0 Å². The van der Waals surface area contributed by atoms with Crippen LogP contribution in [-0.4, -0.2) is 18.3 Å². The van der Waals surface area contributed by atoms with Crippen LogP contribution in [0, 0.1) is 6.92 Å². The Morgan fingerprint density at radius 2 is 2.00 bits per heavy atom. The minimum absolute atomic E-state index is 0.610. The lowest BCUT2D eigenvalue weighted by molar-refractivity contribution is 0.188. The van der Waals surface area contributed by atoms with Gasteiger partial charge in [-0.2, -0.15) is 0 Å². The Labute approximate surface area is 110 Å². The highest BCUT2D eigenvalue weighted by molar-refractivity contribution is 5.86. The zero-order valence-electron chi connectivity index (χ0n) is 11.9. The van der Waals surface area contributed by atoms with Gasteiger partial charge in [0.2, 0.25) is 0 Å². The smallest absolute Gasteiger partial charge is 0.0642 e. The molecule has 1 aromatic heterocycles. The Hall–Kier alpha value is -1.28. The molecule has 1 aromatic carbocycles. The van der Waals surface area contributed by atoms with Gasteiger partial charge < -0.3 is 9.30 Å². The van der Waals surface area contributed by atoms with Gasteiger partial charge in [0.25, 0.3) is 0 Å². The molecule has 2 rings (SSSR count). The highest BCUT2D eigenvalue weighted by Crippen LogP contribution is 2.33. The van der Waals surface area contributed by atoms with E-state index >= 15 is 0 Å². The van der Waals surface area contributed by atoms with Crippen LogP contribution in [0.25, 0.3) is 10.9 Å². The zero-order chi connectivity index (χ0) is 13.1. The van der Waals surface area contributed by atoms with Crippen LogP contribution in [0.2, 0.25) is 0 Å². The average Bonchev–Trinajstić information content (AvgIpc) is 2.68. The Kier molecular flexibility index (Phi) is 4.07. The maximum absolute atomic E-state index is 5.22. The monoisotopic (exact) mass is 245 g/mol. The van der Waals surface area contributed by atoms with E-state index in [1.54, 1.807) is 7.11 Å². The normalized spacial score (nSPS) is 13.1. The minimum atomic E-state index is 0.610. The third kappa shape index (κ3) is 2.17. The van der Waals surface area contributed by atoms with Crippen molar-refractivity contribution in [3.63, 3.8) is 0 Å². The van der Waals surface area contributed by atoms with Gasteiger partial charge in [0.15, 0.2) is 0 Å². The van der Waals surface area contributed by atoms with Gasteiger partial charge in [0, 0.05) is 30.3 Å². The van der Waals surface area contributed by atoms with E-state index in [0.717, 1.165) is 13.2 Å². The minimum Gasteiger partial charge on any atom is -0.383 e. The molecule has 2 heteroatoms. The molecule has 0 radical (unpaired) electrons. The molecule has 0 saturated carbocycles. The number of hydrogen-bond acceptors (Lipinski definition) is 1. The predicted octanol–water partition coefficient (Wildman–Crippen LogP) is 4.11. The molecule has 0 aliphatic heterocycles. The molecule has 98 valence electrons. The van der Waals surface area contributed by atoms with Crippen LogP contribution in [-0.2, 0) is 11.3 Å². The Bertz CT molecular complexity index is 527. The van der Waals surface area contributed by atoms with E-state index in [-0.39, 0.29) is 0 Å². The molecule has 0 spiro atoms. The highest BCUT2D eigenvalue weighted by atomic mass is 16.5. The number of ether oxygens (including phenoxy) is 1. The summed E-state index contributed by atoms with van der Waals surface area (Å²) in [6.07, 6.45) is 1.18. The summed E-state index contributed by atoms with van der Waals surface area (Å²) in [5.74, 6) is 0.610. The van der Waals surface area contributed by atoms with Crippen molar-refractivity contribution < 1.29 is 4.74 Å². The Balaban J connectivity index is 2.59. The molecule has 0 amide bonds. The van der Waals surface area contributed by atoms with Gasteiger partial charge in [-0.3, -0.25) is 0 Å². The van der Waals surface area contributed by atoms with Gasteiger partial charge in [-0.25, -0.2) is 0 Å². The van der Waals surface area contributed by atoms with E-state index in [2.05, 4.69) is 49.6 Å². The number of nitrogens with zero attached hydrogens (tertiary/aromatic N) is 1. The van der Waals surface area contributed by atoms with Crippen LogP contribution in [0.3, 0.4) is 0 Å². The number of benzene rings is 1. The summed E-state index contributed by atoms with van der Waals surface area (Å²) >= 11 is 0. The van der Waals surface area contributed by atoms with Crippen LogP contribution < -0.4 is 0 Å². The second-order valence-electron chi connectivity index (χ2n) is 4.97. The third-order valence-electron chi connectivity index (χ3n) is 3.90. The first-order valence-electron chi connectivity index (χ1n) is 6.77. The lowest BCUT2D eigenvalue weighted by Crippen LogP contribution is -2.06. The molecule has 0 aliphatic rings. The summed E-state index contributed by atoms with van der Waals surface area (Å²) in [7, 11) is 1.76. The van der Waals surface area contributed by atoms with E-state index in [1.165, 1.54) is 28.6 Å². The SMILES string of the molecule is CCC(C)c1c(C)n(CCOC)c2ccccc12. The van der Waals surface area contributed by atoms with Crippen LogP contribution >= 0.6 is 0 Å². The average molecular weight is 245 g/mol. The van der Waals surface area contributed by atoms with Crippen molar-refractivity contribution in [3.8, 4) is 0 Å². The van der Waals surface area contributed by atoms with Gasteiger partial charge in [0.1, 0.15) is 0 Å². The second-order valence-corrected chi connectivity index (χ2v) is 4.97. The summed E-state index contributed by atoms with van der Waals surface area (Å²) in [6.45, 7) is 8.50. The molecular formula is C16H23NO. The number of hydrogen-bond donors (Lipinski definition) is 0. The van der Waals surface area contributed by atoms with Crippen molar-refractivity contribution in [1.82, 2.24) is 4.57 Å². The molecule has 1 heterocycles. The lowest BCUT2D eigenvalue weighted by atomic mass is 9.96. The van der Waals surface area contributed by atoms with Crippen molar-refractivity contribution in [1.29, 1.82) is 0 Å². The summed E-state index contributed by atoms with van der Waals surface area (Å²) in [4.78, 5) is 0. The quantitative estimate of drug-likeness (QED) is 0.773. The lowest BCUT2D eigenvalue weighted by Gasteiger charge is -2.11. The summed E-state index contributed by atoms with van der Waals surface area (Å²) in [6, 6.07) is 8.71. The van der Waals surface area contributed by atoms with Crippen molar-refractivity contribution in [3.05, 3.63) is 35.5 Å². The topological polar surface area (TPSA) is 14.2 Å². The first-order valence-corrected chi connectivity index (χ1v) is 6.77. The second kappa shape index (κ2) is 5.57. The van der Waals surface area contributed by atoms with Crippen molar-refractivity contribution in [2.75, 3.05) is 13.7 Å². The number of aromatic nitrogens is 1. The zero-order valence-corrected chi connectivity index (χ0v) is 11.9. The summed E-state index contributed by atoms with van der Waals surface area (Å²) < 4.78 is 7.61. The fourth-order valence-corrected chi connectivity index (χ4v) is 2.75. The summed E-state index contributed by atoms with van der Waals surface area (Å²) in [5, 5.41) is 1.40. The molecule has 0 aliphatic carbocycles. The molecule has 0 fully saturated rings. The van der Waals surface area contributed by atoms with Crippen LogP contribution in [0.15, 0.2) is 24.3 Å². The molecular weight excluding hydrogens is 222 g/mol. The number of para-hydroxylation sites is 1. The number of methoxy groups -OCH3 is 1. The van der Waals surface area contributed by atoms with Gasteiger partial charge in [0.05, 0.1) is 6.61 Å². The maximum Gasteiger partial charge on any atom is 0.0642 e. The molecule has 0 N–H and O–H groups in total. The van der Waals surface area contributed by atoms with E-state index in [0.29, 0.717) is 5.92 Å². The van der Waals surface area contributed by atoms with E-state index < -0.39 is 0 Å². The van der Waals surface area contributed by atoms with Gasteiger partial charge in [-0.05, 0) is 30.9 Å². The van der Waals surface area contributed by atoms with Crippen LogP contribution in [0.5, 0.6) is 0 Å². The third-order valence-corrected chi connectivity index (χ3v) is 3.90. The Morgan fingerprint density at radius 3 is 2.67 bits per heavy atom. The van der Waals surface area contributed by atoms with Gasteiger partial charge in [-0.1, -0.05) is 32.0 Å². The molecule has 2 nitrogen and oxygen atoms in total. The standard InChI is InChI=1S/C16H23NO/c1-5-12(2)16-13(3)17(10-11-18-4)15-9-7-6-8-14(15)16/h6-9,12H,5,10-11H2,1-4H3. The largest absolute Gasteiger partial charge is 0.383 e. The maximum atomic E-state index is 5.22. The fraction of sp³-hybridized carbons (Fsp3) is 0.500. The molecule has 0 bridgehead atoms.